The molecule has 0 spiro atoms. The van der Waals surface area contributed by atoms with E-state index >= 15 is 0 Å². The van der Waals surface area contributed by atoms with Gasteiger partial charge in [-0.25, -0.2) is 19.4 Å². The maximum atomic E-state index is 10.5. The van der Waals surface area contributed by atoms with Gasteiger partial charge in [0.25, 0.3) is 0 Å². The largest absolute Gasteiger partial charge is 0.453 e. The van der Waals surface area contributed by atoms with Crippen molar-refractivity contribution in [3.63, 3.8) is 0 Å². The molecular formula is C4H6N2O4. The summed E-state index contributed by atoms with van der Waals surface area (Å²) in [6, 6.07) is 0. The average Bonchev–Trinajstić information content (AvgIpc) is 2.63. The molecule has 1 aliphatic heterocycles. The third-order valence-electron chi connectivity index (χ3n) is 0.901. The Labute approximate surface area is 56.4 Å². The van der Waals surface area contributed by atoms with E-state index in [-0.39, 0.29) is 0 Å². The zero-order valence-electron chi connectivity index (χ0n) is 5.07. The highest BCUT2D eigenvalue weighted by Crippen LogP contribution is 2.05. The van der Waals surface area contributed by atoms with E-state index in [1.54, 1.807) is 0 Å². The van der Waals surface area contributed by atoms with E-state index in [0.29, 0.717) is 13.1 Å². The van der Waals surface area contributed by atoms with Crippen LogP contribution in [-0.4, -0.2) is 30.2 Å². The van der Waals surface area contributed by atoms with Crippen molar-refractivity contribution < 1.29 is 19.4 Å². The molecule has 0 bridgehead atoms. The van der Waals surface area contributed by atoms with Gasteiger partial charge in [0.05, 0.1) is 0 Å². The minimum atomic E-state index is -1.13. The Morgan fingerprint density at radius 3 is 2.30 bits per heavy atom. The Morgan fingerprint density at radius 2 is 1.90 bits per heavy atom. The summed E-state index contributed by atoms with van der Waals surface area (Å²) in [5, 5.41) is 0. The minimum Gasteiger partial charge on any atom is -0.332 e. The summed E-state index contributed by atoms with van der Waals surface area (Å²) >= 11 is 0. The third-order valence-corrected chi connectivity index (χ3v) is 0.901. The number of primary amides is 1. The number of hydrogen-bond donors (Lipinski definition) is 1. The summed E-state index contributed by atoms with van der Waals surface area (Å²) in [5.41, 5.74) is 4.50. The van der Waals surface area contributed by atoms with Gasteiger partial charge in [-0.15, -0.1) is 0 Å². The average molecular weight is 146 g/mol. The second kappa shape index (κ2) is 2.42. The fraction of sp³-hybridized carbons (Fsp3) is 0.500. The van der Waals surface area contributed by atoms with Crippen LogP contribution in [0.25, 0.3) is 0 Å². The van der Waals surface area contributed by atoms with Crippen LogP contribution in [-0.2, 0) is 9.78 Å². The molecule has 0 radical (unpaired) electrons. The lowest BCUT2D eigenvalue weighted by Gasteiger charge is -1.98. The molecular weight excluding hydrogens is 140 g/mol. The number of nitrogens with zero attached hydrogens (tertiary/aromatic N) is 1. The maximum absolute atomic E-state index is 10.5. The van der Waals surface area contributed by atoms with Crippen molar-refractivity contribution in [1.29, 1.82) is 0 Å². The highest BCUT2D eigenvalue weighted by Gasteiger charge is 2.27. The van der Waals surface area contributed by atoms with Crippen LogP contribution in [0.4, 0.5) is 9.59 Å². The SMILES string of the molecule is NC(=O)OOC(=O)N1CC1. The summed E-state index contributed by atoms with van der Waals surface area (Å²) in [6.45, 7) is 1.28. The minimum absolute atomic E-state index is 0.640. The van der Waals surface area contributed by atoms with Gasteiger partial charge in [0.15, 0.2) is 0 Å². The third kappa shape index (κ3) is 1.81. The molecule has 0 atom stereocenters. The Hall–Kier alpha value is -1.46. The van der Waals surface area contributed by atoms with Crippen LogP contribution in [0.3, 0.4) is 0 Å². The Kier molecular flexibility index (Phi) is 1.61. The first-order valence-corrected chi connectivity index (χ1v) is 2.63. The van der Waals surface area contributed by atoms with Crippen LogP contribution in [0.5, 0.6) is 0 Å². The van der Waals surface area contributed by atoms with Crippen molar-refractivity contribution in [2.45, 2.75) is 0 Å². The van der Waals surface area contributed by atoms with Crippen molar-refractivity contribution in [1.82, 2.24) is 4.90 Å². The zero-order valence-corrected chi connectivity index (χ0v) is 5.07. The number of carbonyl (C=O) groups is 2. The quantitative estimate of drug-likeness (QED) is 0.282. The molecule has 6 heteroatoms. The van der Waals surface area contributed by atoms with Gasteiger partial charge in [-0.3, -0.25) is 0 Å². The highest BCUT2D eigenvalue weighted by atomic mass is 17.2. The second-order valence-electron chi connectivity index (χ2n) is 1.74. The number of nitrogens with two attached hydrogens (primary N) is 1. The zero-order chi connectivity index (χ0) is 7.56. The number of carbonyl (C=O) groups excluding carboxylic acids is 2. The number of hydrogen-bond acceptors (Lipinski definition) is 4. The predicted molar refractivity (Wildman–Crippen MR) is 28.7 cm³/mol. The van der Waals surface area contributed by atoms with Crippen molar-refractivity contribution in [3.8, 4) is 0 Å². The van der Waals surface area contributed by atoms with Gasteiger partial charge in [-0.1, -0.05) is 0 Å². The van der Waals surface area contributed by atoms with E-state index in [0.717, 1.165) is 0 Å². The molecule has 56 valence electrons. The Balaban J connectivity index is 2.12. The molecule has 1 heterocycles. The molecule has 10 heavy (non-hydrogen) atoms. The van der Waals surface area contributed by atoms with Gasteiger partial charge in [0.1, 0.15) is 0 Å². The van der Waals surface area contributed by atoms with Crippen LogP contribution >= 0.6 is 0 Å². The standard InChI is InChI=1S/C4H6N2O4/c5-3(7)9-10-4(8)6-1-2-6/h1-2H2,(H2,5,7). The molecule has 0 aromatic heterocycles. The van der Waals surface area contributed by atoms with Gasteiger partial charge in [-0.2, -0.15) is 0 Å². The summed E-state index contributed by atoms with van der Waals surface area (Å²) < 4.78 is 0. The molecule has 1 aliphatic rings. The Morgan fingerprint density at radius 1 is 1.30 bits per heavy atom. The smallest absolute Gasteiger partial charge is 0.332 e. The van der Waals surface area contributed by atoms with Gasteiger partial charge >= 0.3 is 12.2 Å². The Bertz CT molecular complexity index is 165. The van der Waals surface area contributed by atoms with Crippen molar-refractivity contribution in [3.05, 3.63) is 0 Å². The fourth-order valence-corrected chi connectivity index (χ4v) is 0.362. The lowest BCUT2D eigenvalue weighted by Crippen LogP contribution is -2.19. The van der Waals surface area contributed by atoms with Crippen LogP contribution < -0.4 is 5.73 Å². The molecule has 0 unspecified atom stereocenters. The summed E-state index contributed by atoms with van der Waals surface area (Å²) in [5.74, 6) is 0. The van der Waals surface area contributed by atoms with Crippen molar-refractivity contribution >= 4 is 12.2 Å². The van der Waals surface area contributed by atoms with Crippen LogP contribution in [0.15, 0.2) is 0 Å². The number of amides is 2. The second-order valence-corrected chi connectivity index (χ2v) is 1.74. The van der Waals surface area contributed by atoms with Gasteiger partial charge in [-0.05, 0) is 0 Å². The molecule has 0 aromatic rings. The summed E-state index contributed by atoms with van der Waals surface area (Å²) in [6.07, 6.45) is -1.81. The summed E-state index contributed by atoms with van der Waals surface area (Å²) in [4.78, 5) is 29.4. The number of rotatable bonds is 0. The maximum Gasteiger partial charge on any atom is 0.453 e. The first kappa shape index (κ1) is 6.66. The fourth-order valence-electron chi connectivity index (χ4n) is 0.362. The first-order valence-electron chi connectivity index (χ1n) is 2.63. The van der Waals surface area contributed by atoms with E-state index in [1.165, 1.54) is 4.90 Å². The first-order chi connectivity index (χ1) is 4.70. The van der Waals surface area contributed by atoms with Crippen molar-refractivity contribution in [2.75, 3.05) is 13.1 Å². The highest BCUT2D eigenvalue weighted by molar-refractivity contribution is 5.71. The van der Waals surface area contributed by atoms with Gasteiger partial charge in [0, 0.05) is 13.1 Å². The molecule has 0 aromatic carbocycles. The molecule has 1 fully saturated rings. The predicted octanol–water partition coefficient (Wildman–Crippen LogP) is -0.551. The van der Waals surface area contributed by atoms with E-state index in [9.17, 15) is 9.59 Å². The molecule has 6 nitrogen and oxygen atoms in total. The monoisotopic (exact) mass is 146 g/mol. The van der Waals surface area contributed by atoms with Gasteiger partial charge < -0.3 is 10.6 Å². The molecule has 0 saturated carbocycles. The van der Waals surface area contributed by atoms with E-state index in [2.05, 4.69) is 15.5 Å². The molecule has 2 amide bonds. The molecule has 0 aliphatic carbocycles. The van der Waals surface area contributed by atoms with E-state index in [1.807, 2.05) is 0 Å². The van der Waals surface area contributed by atoms with Crippen LogP contribution in [0.2, 0.25) is 0 Å². The molecule has 1 rings (SSSR count). The topological polar surface area (TPSA) is 81.6 Å². The lowest BCUT2D eigenvalue weighted by atomic mass is 11.0. The van der Waals surface area contributed by atoms with E-state index in [4.69, 9.17) is 0 Å². The van der Waals surface area contributed by atoms with Crippen LogP contribution in [0.1, 0.15) is 0 Å². The summed E-state index contributed by atoms with van der Waals surface area (Å²) in [7, 11) is 0. The van der Waals surface area contributed by atoms with Crippen molar-refractivity contribution in [2.24, 2.45) is 5.73 Å². The molecule has 1 saturated heterocycles. The van der Waals surface area contributed by atoms with E-state index < -0.39 is 12.2 Å². The molecule has 2 N–H and O–H groups in total. The normalized spacial score (nSPS) is 14.2. The lowest BCUT2D eigenvalue weighted by molar-refractivity contribution is -0.180. The van der Waals surface area contributed by atoms with Gasteiger partial charge in [0.2, 0.25) is 0 Å². The van der Waals surface area contributed by atoms with Crippen LogP contribution in [0, 0.1) is 0 Å².